The monoisotopic (exact) mass is 112 g/mol. The summed E-state index contributed by atoms with van der Waals surface area (Å²) in [4.78, 5) is 0. The molecule has 0 saturated carbocycles. The molecular weight excluding hydrogens is 106 g/mol. The fraction of sp³-hybridized carbons (Fsp3) is 0. The Morgan fingerprint density at radius 1 is 1.00 bits per heavy atom. The number of halogens is 1. The van der Waals surface area contributed by atoms with Crippen LogP contribution in [0.15, 0.2) is 25.3 Å². The van der Waals surface area contributed by atoms with E-state index < -0.39 is 0 Å². The molecule has 0 rings (SSSR count). The van der Waals surface area contributed by atoms with Gasteiger partial charge >= 0.3 is 29.6 Å². The van der Waals surface area contributed by atoms with Crippen LogP contribution in [0.25, 0.3) is 0 Å². The molecule has 0 aliphatic rings. The summed E-state index contributed by atoms with van der Waals surface area (Å²) in [7, 11) is 0. The quantitative estimate of drug-likeness (QED) is 0.237. The van der Waals surface area contributed by atoms with Gasteiger partial charge in [-0.3, -0.25) is 0 Å². The van der Waals surface area contributed by atoms with Crippen molar-refractivity contribution in [1.29, 1.82) is 0 Å². The molecule has 0 atom stereocenters. The summed E-state index contributed by atoms with van der Waals surface area (Å²) >= 11 is 0. The van der Waals surface area contributed by atoms with Crippen molar-refractivity contribution >= 4 is 0 Å². The Hall–Kier alpha value is 0.770. The minimum Gasteiger partial charge on any atom is -1.00 e. The maximum absolute atomic E-state index is 3.36. The molecule has 0 aliphatic carbocycles. The van der Waals surface area contributed by atoms with Crippen molar-refractivity contribution in [3.63, 3.8) is 0 Å². The van der Waals surface area contributed by atoms with Gasteiger partial charge in [0.05, 0.1) is 0 Å². The van der Waals surface area contributed by atoms with Gasteiger partial charge in [0.25, 0.3) is 0 Å². The summed E-state index contributed by atoms with van der Waals surface area (Å²) in [6.45, 7) is 6.72. The van der Waals surface area contributed by atoms with Crippen molar-refractivity contribution in [3.8, 4) is 0 Å². The molecule has 0 amide bonds. The second-order valence-corrected chi connectivity index (χ2v) is 0.471. The second-order valence-electron chi connectivity index (χ2n) is 0.471. The van der Waals surface area contributed by atoms with Crippen LogP contribution in [0.5, 0.6) is 0 Å². The number of hydrogen-bond acceptors (Lipinski definition) is 0. The van der Waals surface area contributed by atoms with E-state index in [9.17, 15) is 0 Å². The van der Waals surface area contributed by atoms with Gasteiger partial charge in [-0.25, -0.2) is 0 Å². The zero-order valence-corrected chi connectivity index (χ0v) is 6.70. The average molecular weight is 113 g/mol. The van der Waals surface area contributed by atoms with Crippen LogP contribution in [-0.4, -0.2) is 0 Å². The Morgan fingerprint density at radius 2 is 1.17 bits per heavy atom. The van der Waals surface area contributed by atoms with Crippen LogP contribution in [0.3, 0.4) is 0 Å². The molecule has 0 radical (unpaired) electrons. The average Bonchev–Trinajstić information content (AvgIpc) is 1.37. The Balaban J connectivity index is -0.0000000450. The maximum atomic E-state index is 3.36. The fourth-order valence-corrected chi connectivity index (χ4v) is 0. The van der Waals surface area contributed by atoms with E-state index in [1.54, 1.807) is 12.2 Å². The molecule has 0 fully saturated rings. The first-order valence-corrected chi connectivity index (χ1v) is 1.15. The van der Waals surface area contributed by atoms with Crippen LogP contribution in [0.4, 0.5) is 0 Å². The van der Waals surface area contributed by atoms with E-state index in [1.807, 2.05) is 0 Å². The van der Waals surface area contributed by atoms with E-state index >= 15 is 0 Å². The van der Waals surface area contributed by atoms with Gasteiger partial charge in [0, 0.05) is 0 Å². The van der Waals surface area contributed by atoms with Gasteiger partial charge in [-0.1, -0.05) is 25.3 Å². The largest absolute Gasteiger partial charge is 1.00 e. The van der Waals surface area contributed by atoms with E-state index in [0.717, 1.165) is 0 Å². The second kappa shape index (κ2) is 17.1. The molecule has 0 bridgehead atoms. The van der Waals surface area contributed by atoms with Crippen molar-refractivity contribution in [2.45, 2.75) is 0 Å². The molecule has 30 valence electrons. The topological polar surface area (TPSA) is 0 Å². The van der Waals surface area contributed by atoms with Crippen molar-refractivity contribution < 1.29 is 42.0 Å². The molecule has 0 saturated heterocycles. The number of hydrogen-bond donors (Lipinski definition) is 0. The van der Waals surface area contributed by atoms with E-state index in [0.29, 0.717) is 0 Å². The van der Waals surface area contributed by atoms with Crippen LogP contribution in [-0.2, 0) is 0 Å². The SMILES string of the molecule is C=CC=C.[Cl-].[Na+]. The fourth-order valence-electron chi connectivity index (χ4n) is 0. The summed E-state index contributed by atoms with van der Waals surface area (Å²) in [5.41, 5.74) is 0. The number of rotatable bonds is 1. The molecule has 0 heterocycles. The maximum Gasteiger partial charge on any atom is 1.00 e. The van der Waals surface area contributed by atoms with Crippen molar-refractivity contribution in [3.05, 3.63) is 25.3 Å². The molecule has 0 aromatic rings. The first-order chi connectivity index (χ1) is 1.91. The summed E-state index contributed by atoms with van der Waals surface area (Å²) in [5, 5.41) is 0. The first kappa shape index (κ1) is 15.9. The molecule has 0 spiro atoms. The summed E-state index contributed by atoms with van der Waals surface area (Å²) in [5.74, 6) is 0. The minimum absolute atomic E-state index is 0. The predicted molar refractivity (Wildman–Crippen MR) is 20.4 cm³/mol. The van der Waals surface area contributed by atoms with Crippen LogP contribution in [0.1, 0.15) is 0 Å². The molecule has 0 aliphatic heterocycles. The molecule has 0 unspecified atom stereocenters. The van der Waals surface area contributed by atoms with Gasteiger partial charge in [-0.15, -0.1) is 0 Å². The molecule has 0 N–H and O–H groups in total. The summed E-state index contributed by atoms with van der Waals surface area (Å²) in [6.07, 6.45) is 3.28. The summed E-state index contributed by atoms with van der Waals surface area (Å²) < 4.78 is 0. The van der Waals surface area contributed by atoms with Crippen molar-refractivity contribution in [1.82, 2.24) is 0 Å². The van der Waals surface area contributed by atoms with E-state index in [-0.39, 0.29) is 42.0 Å². The summed E-state index contributed by atoms with van der Waals surface area (Å²) in [6, 6.07) is 0. The van der Waals surface area contributed by atoms with Gasteiger partial charge in [0.15, 0.2) is 0 Å². The van der Waals surface area contributed by atoms with E-state index in [4.69, 9.17) is 0 Å². The standard InChI is InChI=1S/C4H6.ClH.Na/c1-3-4-2;;/h3-4H,1-2H2;1H;/q;;+1/p-1. The Labute approximate surface area is 67.0 Å². The minimum atomic E-state index is 0. The van der Waals surface area contributed by atoms with Gasteiger partial charge in [-0.2, -0.15) is 0 Å². The molecule has 0 aromatic heterocycles. The van der Waals surface area contributed by atoms with Crippen LogP contribution < -0.4 is 42.0 Å². The van der Waals surface area contributed by atoms with Gasteiger partial charge in [0.1, 0.15) is 0 Å². The molecule has 2 heteroatoms. The van der Waals surface area contributed by atoms with Crippen LogP contribution in [0, 0.1) is 0 Å². The Bertz CT molecular complexity index is 28.5. The molecule has 0 aromatic carbocycles. The third-order valence-electron chi connectivity index (χ3n) is 0.167. The Morgan fingerprint density at radius 3 is 1.17 bits per heavy atom. The van der Waals surface area contributed by atoms with Crippen molar-refractivity contribution in [2.24, 2.45) is 0 Å². The molecular formula is C4H6ClNa. The predicted octanol–water partition coefficient (Wildman–Crippen LogP) is -4.63. The third kappa shape index (κ3) is 21.6. The zero-order chi connectivity index (χ0) is 3.41. The van der Waals surface area contributed by atoms with E-state index in [2.05, 4.69) is 13.2 Å². The smallest absolute Gasteiger partial charge is 1.00 e. The van der Waals surface area contributed by atoms with Crippen LogP contribution in [0.2, 0.25) is 0 Å². The first-order valence-electron chi connectivity index (χ1n) is 1.15. The van der Waals surface area contributed by atoms with Crippen LogP contribution >= 0.6 is 0 Å². The van der Waals surface area contributed by atoms with Gasteiger partial charge in [0.2, 0.25) is 0 Å². The normalized spacial score (nSPS) is 3.33. The molecule has 6 heavy (non-hydrogen) atoms. The van der Waals surface area contributed by atoms with Crippen molar-refractivity contribution in [2.75, 3.05) is 0 Å². The molecule has 0 nitrogen and oxygen atoms in total. The van der Waals surface area contributed by atoms with Gasteiger partial charge < -0.3 is 12.4 Å². The Kier molecular flexibility index (Phi) is 45.2. The number of allylic oxidation sites excluding steroid dienone is 2. The third-order valence-corrected chi connectivity index (χ3v) is 0.167. The van der Waals surface area contributed by atoms with Gasteiger partial charge in [-0.05, 0) is 0 Å². The van der Waals surface area contributed by atoms with E-state index in [1.165, 1.54) is 0 Å². The zero-order valence-electron chi connectivity index (χ0n) is 3.95.